The van der Waals surface area contributed by atoms with E-state index in [9.17, 15) is 9.90 Å². The zero-order valence-electron chi connectivity index (χ0n) is 13.8. The molecule has 5 nitrogen and oxygen atoms in total. The molecular formula is C18H14BrClN2O3S. The Morgan fingerprint density at radius 2 is 2.12 bits per heavy atom. The number of halogens is 2. The number of carbonyl (C=O) groups is 1. The molecule has 1 heterocycles. The molecule has 0 spiro atoms. The van der Waals surface area contributed by atoms with Gasteiger partial charge < -0.3 is 15.2 Å². The molecule has 0 radical (unpaired) electrons. The quantitative estimate of drug-likeness (QED) is 0.640. The third-order valence-electron chi connectivity index (χ3n) is 3.60. The van der Waals surface area contributed by atoms with Gasteiger partial charge in [-0.05, 0) is 82.2 Å². The van der Waals surface area contributed by atoms with Crippen LogP contribution in [0.3, 0.4) is 0 Å². The fourth-order valence-electron chi connectivity index (χ4n) is 2.32. The van der Waals surface area contributed by atoms with Gasteiger partial charge in [0.25, 0.3) is 5.91 Å². The number of nitrogens with one attached hydrogen (secondary N) is 1. The van der Waals surface area contributed by atoms with E-state index in [-0.39, 0.29) is 11.7 Å². The summed E-state index contributed by atoms with van der Waals surface area (Å²) in [5, 5.41) is 13.8. The van der Waals surface area contributed by atoms with Crippen molar-refractivity contribution in [1.82, 2.24) is 5.32 Å². The highest BCUT2D eigenvalue weighted by atomic mass is 79.9. The summed E-state index contributed by atoms with van der Waals surface area (Å²) in [4.78, 5) is 17.2. The number of phenols is 1. The maximum Gasteiger partial charge on any atom is 0.264 e. The van der Waals surface area contributed by atoms with E-state index < -0.39 is 0 Å². The number of methoxy groups -OCH3 is 1. The molecule has 1 fully saturated rings. The average molecular weight is 454 g/mol. The van der Waals surface area contributed by atoms with Gasteiger partial charge in [0.05, 0.1) is 22.2 Å². The fraction of sp³-hybridized carbons (Fsp3) is 0.111. The number of benzene rings is 2. The predicted octanol–water partition coefficient (Wildman–Crippen LogP) is 5.02. The van der Waals surface area contributed by atoms with Gasteiger partial charge in [-0.3, -0.25) is 4.79 Å². The van der Waals surface area contributed by atoms with Crippen LogP contribution in [-0.4, -0.2) is 23.3 Å². The highest BCUT2D eigenvalue weighted by Crippen LogP contribution is 2.37. The molecule has 1 amide bonds. The summed E-state index contributed by atoms with van der Waals surface area (Å²) in [6, 6.07) is 8.74. The van der Waals surface area contributed by atoms with Crippen LogP contribution in [0.5, 0.6) is 11.5 Å². The Balaban J connectivity index is 1.89. The van der Waals surface area contributed by atoms with E-state index in [0.29, 0.717) is 30.9 Å². The molecule has 26 heavy (non-hydrogen) atoms. The van der Waals surface area contributed by atoms with Crippen molar-refractivity contribution >= 4 is 62.1 Å². The van der Waals surface area contributed by atoms with E-state index in [1.54, 1.807) is 30.3 Å². The lowest BCUT2D eigenvalue weighted by Crippen LogP contribution is -2.19. The van der Waals surface area contributed by atoms with Gasteiger partial charge in [0, 0.05) is 5.02 Å². The minimum atomic E-state index is -0.233. The Labute approximate surface area is 168 Å². The molecule has 0 bridgehead atoms. The van der Waals surface area contributed by atoms with E-state index in [1.807, 2.05) is 13.0 Å². The molecule has 0 unspecified atom stereocenters. The molecule has 0 aromatic heterocycles. The van der Waals surface area contributed by atoms with Crippen LogP contribution in [-0.2, 0) is 4.79 Å². The molecule has 3 rings (SSSR count). The first-order chi connectivity index (χ1) is 12.4. The van der Waals surface area contributed by atoms with Crippen molar-refractivity contribution in [2.75, 3.05) is 7.11 Å². The number of aromatic hydroxyl groups is 1. The number of ether oxygens (including phenoxy) is 1. The smallest absolute Gasteiger partial charge is 0.264 e. The molecule has 2 aromatic rings. The summed E-state index contributed by atoms with van der Waals surface area (Å²) in [6.07, 6.45) is 1.71. The first kappa shape index (κ1) is 18.8. The molecule has 0 aliphatic carbocycles. The Morgan fingerprint density at radius 1 is 1.35 bits per heavy atom. The van der Waals surface area contributed by atoms with Gasteiger partial charge in [-0.1, -0.05) is 11.6 Å². The summed E-state index contributed by atoms with van der Waals surface area (Å²) in [6.45, 7) is 1.91. The van der Waals surface area contributed by atoms with Crippen molar-refractivity contribution in [3.63, 3.8) is 0 Å². The van der Waals surface area contributed by atoms with Crippen LogP contribution in [0.25, 0.3) is 6.08 Å². The van der Waals surface area contributed by atoms with Gasteiger partial charge in [0.1, 0.15) is 0 Å². The molecule has 0 saturated carbocycles. The summed E-state index contributed by atoms with van der Waals surface area (Å²) in [5.74, 6) is 0.0995. The summed E-state index contributed by atoms with van der Waals surface area (Å²) in [5.41, 5.74) is 2.38. The Kier molecular flexibility index (Phi) is 5.60. The Hall–Kier alpha value is -1.96. The lowest BCUT2D eigenvalue weighted by atomic mass is 10.2. The molecule has 1 aliphatic heterocycles. The van der Waals surface area contributed by atoms with E-state index in [2.05, 4.69) is 26.2 Å². The van der Waals surface area contributed by atoms with Crippen molar-refractivity contribution in [3.8, 4) is 11.5 Å². The lowest BCUT2D eigenvalue weighted by Gasteiger charge is -2.06. The number of carbonyl (C=O) groups excluding carboxylic acids is 1. The third-order valence-corrected chi connectivity index (χ3v) is 5.35. The molecular weight excluding hydrogens is 440 g/mol. The first-order valence-electron chi connectivity index (χ1n) is 7.49. The predicted molar refractivity (Wildman–Crippen MR) is 109 cm³/mol. The minimum Gasteiger partial charge on any atom is -0.503 e. The zero-order chi connectivity index (χ0) is 18.8. The maximum atomic E-state index is 12.2. The van der Waals surface area contributed by atoms with Crippen LogP contribution in [0.2, 0.25) is 5.02 Å². The van der Waals surface area contributed by atoms with Crippen molar-refractivity contribution in [2.45, 2.75) is 6.92 Å². The topological polar surface area (TPSA) is 70.9 Å². The van der Waals surface area contributed by atoms with Gasteiger partial charge in [-0.2, -0.15) is 0 Å². The number of nitrogens with zero attached hydrogens (tertiary/aromatic N) is 1. The molecule has 1 saturated heterocycles. The van der Waals surface area contributed by atoms with E-state index >= 15 is 0 Å². The molecule has 2 N–H and O–H groups in total. The number of hydrogen-bond acceptors (Lipinski definition) is 5. The maximum absolute atomic E-state index is 12.2. The van der Waals surface area contributed by atoms with Gasteiger partial charge in [0.15, 0.2) is 16.7 Å². The fourth-order valence-corrected chi connectivity index (χ4v) is 3.84. The van der Waals surface area contributed by atoms with E-state index in [0.717, 1.165) is 11.3 Å². The second kappa shape index (κ2) is 7.73. The molecule has 2 aromatic carbocycles. The standard InChI is InChI=1S/C18H14BrClN2O3S/c1-9-5-11(20)3-4-13(9)21-18-22-17(24)15(26-18)8-10-6-12(19)16(23)14(7-10)25-2/h3-8,23H,1-2H3,(H,21,22,24)/b15-8-. The number of aryl methyl sites for hydroxylation is 1. The molecule has 0 atom stereocenters. The monoisotopic (exact) mass is 452 g/mol. The lowest BCUT2D eigenvalue weighted by molar-refractivity contribution is -0.115. The van der Waals surface area contributed by atoms with Gasteiger partial charge >= 0.3 is 0 Å². The minimum absolute atomic E-state index is 0.0126. The third kappa shape index (κ3) is 4.06. The second-order valence-corrected chi connectivity index (χ2v) is 7.79. The van der Waals surface area contributed by atoms with Crippen molar-refractivity contribution in [3.05, 3.63) is 55.9 Å². The van der Waals surface area contributed by atoms with Crippen LogP contribution < -0.4 is 10.1 Å². The number of amides is 1. The van der Waals surface area contributed by atoms with Crippen LogP contribution in [0, 0.1) is 6.92 Å². The number of amidine groups is 1. The van der Waals surface area contributed by atoms with Crippen LogP contribution in [0.4, 0.5) is 5.69 Å². The average Bonchev–Trinajstić information content (AvgIpc) is 2.92. The number of hydrogen-bond donors (Lipinski definition) is 2. The number of thioether (sulfide) groups is 1. The van der Waals surface area contributed by atoms with Gasteiger partial charge in [0.2, 0.25) is 0 Å². The SMILES string of the molecule is COc1cc(/C=C2\SC(=Nc3ccc(Cl)cc3C)NC2=O)cc(Br)c1O. The largest absolute Gasteiger partial charge is 0.503 e. The Bertz CT molecular complexity index is 960. The van der Waals surface area contributed by atoms with Crippen LogP contribution in [0.1, 0.15) is 11.1 Å². The normalized spacial score (nSPS) is 17.0. The summed E-state index contributed by atoms with van der Waals surface area (Å²) in [7, 11) is 1.47. The summed E-state index contributed by atoms with van der Waals surface area (Å²) >= 11 is 10.5. The zero-order valence-corrected chi connectivity index (χ0v) is 17.0. The van der Waals surface area contributed by atoms with Crippen molar-refractivity contribution < 1.29 is 14.6 Å². The van der Waals surface area contributed by atoms with Crippen LogP contribution >= 0.6 is 39.3 Å². The summed E-state index contributed by atoms with van der Waals surface area (Å²) < 4.78 is 5.61. The molecule has 8 heteroatoms. The van der Waals surface area contributed by atoms with Gasteiger partial charge in [-0.15, -0.1) is 0 Å². The Morgan fingerprint density at radius 3 is 2.81 bits per heavy atom. The second-order valence-electron chi connectivity index (χ2n) is 5.47. The number of phenolic OH excluding ortho intramolecular Hbond substituents is 1. The number of aliphatic imine (C=N–C) groups is 1. The first-order valence-corrected chi connectivity index (χ1v) is 9.48. The van der Waals surface area contributed by atoms with Crippen molar-refractivity contribution in [2.24, 2.45) is 4.99 Å². The van der Waals surface area contributed by atoms with E-state index in [1.165, 1.54) is 18.9 Å². The van der Waals surface area contributed by atoms with E-state index in [4.69, 9.17) is 16.3 Å². The molecule has 134 valence electrons. The van der Waals surface area contributed by atoms with Crippen molar-refractivity contribution in [1.29, 1.82) is 0 Å². The highest BCUT2D eigenvalue weighted by Gasteiger charge is 2.24. The number of rotatable bonds is 3. The van der Waals surface area contributed by atoms with Gasteiger partial charge in [-0.25, -0.2) is 4.99 Å². The van der Waals surface area contributed by atoms with Crippen LogP contribution in [0.15, 0.2) is 44.7 Å². The molecule has 1 aliphatic rings. The highest BCUT2D eigenvalue weighted by molar-refractivity contribution is 9.10.